The van der Waals surface area contributed by atoms with E-state index in [0.29, 0.717) is 5.69 Å². The first-order valence-electron chi connectivity index (χ1n) is 5.94. The molecule has 1 rings (SSSR count). The molecule has 0 spiro atoms. The number of sulfonamides is 1. The van der Waals surface area contributed by atoms with Gasteiger partial charge in [-0.3, -0.25) is 4.31 Å². The number of carboxylic acids is 1. The molecule has 0 aliphatic carbocycles. The van der Waals surface area contributed by atoms with Crippen LogP contribution in [0.1, 0.15) is 29.9 Å². The maximum Gasteiger partial charge on any atom is 0.340 e. The quantitative estimate of drug-likeness (QED) is 0.813. The maximum absolute atomic E-state index is 12.1. The van der Waals surface area contributed by atoms with Crippen molar-refractivity contribution >= 4 is 32.5 Å². The summed E-state index contributed by atoms with van der Waals surface area (Å²) >= 11 is 0.854. The Morgan fingerprint density at radius 2 is 2.10 bits per heavy atom. The lowest BCUT2D eigenvalue weighted by atomic mass is 10.2. The molecule has 1 heterocycles. The summed E-state index contributed by atoms with van der Waals surface area (Å²) in [5.74, 6) is -1.40. The first-order chi connectivity index (χ1) is 9.16. The van der Waals surface area contributed by atoms with E-state index in [1.807, 2.05) is 13.8 Å². The lowest BCUT2D eigenvalue weighted by Crippen LogP contribution is -2.31. The molecule has 0 aromatic carbocycles. The Morgan fingerprint density at radius 1 is 1.50 bits per heavy atom. The zero-order chi connectivity index (χ0) is 15.5. The molecule has 1 aromatic heterocycles. The molecular weight excluding hydrogens is 304 g/mol. The number of aromatic carboxylic acids is 1. The van der Waals surface area contributed by atoms with Gasteiger partial charge in [0.1, 0.15) is 10.6 Å². The molecule has 114 valence electrons. The van der Waals surface area contributed by atoms with Crippen molar-refractivity contribution in [3.63, 3.8) is 0 Å². The van der Waals surface area contributed by atoms with Crippen molar-refractivity contribution in [2.75, 3.05) is 23.7 Å². The number of ether oxygens (including phenoxy) is 1. The lowest BCUT2D eigenvalue weighted by Gasteiger charge is -2.18. The minimum atomic E-state index is -3.64. The first-order valence-corrected chi connectivity index (χ1v) is 8.33. The van der Waals surface area contributed by atoms with Gasteiger partial charge in [0.2, 0.25) is 10.0 Å². The summed E-state index contributed by atoms with van der Waals surface area (Å²) in [7, 11) is -2.31. The van der Waals surface area contributed by atoms with E-state index in [1.165, 1.54) is 14.0 Å². The van der Waals surface area contributed by atoms with Crippen molar-refractivity contribution in [2.45, 2.75) is 26.9 Å². The van der Waals surface area contributed by atoms with Gasteiger partial charge in [0.15, 0.2) is 0 Å². The Morgan fingerprint density at radius 3 is 2.60 bits per heavy atom. The number of anilines is 1. The van der Waals surface area contributed by atoms with Crippen LogP contribution >= 0.6 is 11.5 Å². The average Bonchev–Trinajstić information content (AvgIpc) is 2.69. The van der Waals surface area contributed by atoms with E-state index in [0.717, 1.165) is 15.8 Å². The zero-order valence-corrected chi connectivity index (χ0v) is 13.4. The van der Waals surface area contributed by atoms with Crippen LogP contribution in [0.15, 0.2) is 0 Å². The van der Waals surface area contributed by atoms with Crippen LogP contribution in [0.5, 0.6) is 0 Å². The number of nitrogens with zero attached hydrogens (tertiary/aromatic N) is 2. The van der Waals surface area contributed by atoms with Crippen LogP contribution in [0.25, 0.3) is 0 Å². The Labute approximate surface area is 122 Å². The van der Waals surface area contributed by atoms with E-state index in [9.17, 15) is 13.2 Å². The molecule has 0 amide bonds. The second kappa shape index (κ2) is 6.51. The molecule has 0 aliphatic heterocycles. The third kappa shape index (κ3) is 3.90. The Kier molecular flexibility index (Phi) is 5.49. The molecule has 9 heteroatoms. The number of rotatable bonds is 7. The average molecular weight is 322 g/mol. The van der Waals surface area contributed by atoms with Gasteiger partial charge in [-0.05, 0) is 32.3 Å². The van der Waals surface area contributed by atoms with E-state index in [2.05, 4.69) is 4.37 Å². The van der Waals surface area contributed by atoms with E-state index in [1.54, 1.807) is 0 Å². The number of carboxylic acid groups (broad SMARTS) is 1. The standard InChI is InChI=1S/C11H18N2O5S2/c1-7(2)18-5-6-20(16,17)13(4)10-9(11(14)15)8(3)12-19-10/h7H,5-6H2,1-4H3,(H,14,15). The summed E-state index contributed by atoms with van der Waals surface area (Å²) in [5, 5.41) is 9.23. The van der Waals surface area contributed by atoms with Gasteiger partial charge in [-0.15, -0.1) is 0 Å². The number of hydrogen-bond acceptors (Lipinski definition) is 6. The van der Waals surface area contributed by atoms with Gasteiger partial charge in [-0.25, -0.2) is 13.2 Å². The summed E-state index contributed by atoms with van der Waals surface area (Å²) < 4.78 is 34.3. The highest BCUT2D eigenvalue weighted by Crippen LogP contribution is 2.29. The van der Waals surface area contributed by atoms with E-state index in [-0.39, 0.29) is 29.0 Å². The highest BCUT2D eigenvalue weighted by molar-refractivity contribution is 7.93. The third-order valence-corrected chi connectivity index (χ3v) is 5.39. The fourth-order valence-electron chi connectivity index (χ4n) is 1.47. The molecule has 0 aliphatic rings. The van der Waals surface area contributed by atoms with Crippen LogP contribution in [-0.2, 0) is 14.8 Å². The first kappa shape index (κ1) is 16.9. The summed E-state index contributed by atoms with van der Waals surface area (Å²) in [6, 6.07) is 0. The number of aromatic nitrogens is 1. The van der Waals surface area contributed by atoms with Gasteiger partial charge in [-0.1, -0.05) is 0 Å². The molecule has 0 bridgehead atoms. The summed E-state index contributed by atoms with van der Waals surface area (Å²) in [6.07, 6.45) is -0.0595. The van der Waals surface area contributed by atoms with Crippen LogP contribution in [0, 0.1) is 6.92 Å². The predicted octanol–water partition coefficient (Wildman–Crippen LogP) is 1.34. The normalized spacial score (nSPS) is 11.8. The molecular formula is C11H18N2O5S2. The van der Waals surface area contributed by atoms with Crippen LogP contribution in [0.2, 0.25) is 0 Å². The summed E-state index contributed by atoms with van der Waals surface area (Å²) in [4.78, 5) is 11.2. The summed E-state index contributed by atoms with van der Waals surface area (Å²) in [6.45, 7) is 5.22. The smallest absolute Gasteiger partial charge is 0.340 e. The minimum Gasteiger partial charge on any atom is -0.478 e. The summed E-state index contributed by atoms with van der Waals surface area (Å²) in [5.41, 5.74) is 0.226. The number of aryl methyl sites for hydroxylation is 1. The van der Waals surface area contributed by atoms with E-state index >= 15 is 0 Å². The molecule has 0 saturated carbocycles. The molecule has 20 heavy (non-hydrogen) atoms. The fraction of sp³-hybridized carbons (Fsp3) is 0.636. The molecule has 0 atom stereocenters. The van der Waals surface area contributed by atoms with E-state index in [4.69, 9.17) is 9.84 Å². The number of hydrogen-bond donors (Lipinski definition) is 1. The van der Waals surface area contributed by atoms with E-state index < -0.39 is 16.0 Å². The Bertz CT molecular complexity index is 580. The van der Waals surface area contributed by atoms with Crippen molar-refractivity contribution in [2.24, 2.45) is 0 Å². The molecule has 1 aromatic rings. The lowest BCUT2D eigenvalue weighted by molar-refractivity contribution is 0.0697. The van der Waals surface area contributed by atoms with Crippen LogP contribution < -0.4 is 4.31 Å². The highest BCUT2D eigenvalue weighted by Gasteiger charge is 2.27. The zero-order valence-electron chi connectivity index (χ0n) is 11.8. The SMILES string of the molecule is Cc1nsc(N(C)S(=O)(=O)CCOC(C)C)c1C(=O)O. The van der Waals surface area contributed by atoms with Crippen molar-refractivity contribution in [3.8, 4) is 0 Å². The van der Waals surface area contributed by atoms with Crippen molar-refractivity contribution in [1.29, 1.82) is 0 Å². The maximum atomic E-state index is 12.1. The highest BCUT2D eigenvalue weighted by atomic mass is 32.2. The second-order valence-corrected chi connectivity index (χ2v) is 7.33. The monoisotopic (exact) mass is 322 g/mol. The van der Waals surface area contributed by atoms with Gasteiger partial charge in [0, 0.05) is 7.05 Å². The van der Waals surface area contributed by atoms with Crippen LogP contribution in [0.4, 0.5) is 5.00 Å². The van der Waals surface area contributed by atoms with Crippen molar-refractivity contribution in [1.82, 2.24) is 4.37 Å². The topological polar surface area (TPSA) is 96.8 Å². The Hall–Kier alpha value is -1.19. The van der Waals surface area contributed by atoms with Crippen LogP contribution in [-0.4, -0.2) is 49.4 Å². The second-order valence-electron chi connectivity index (χ2n) is 4.46. The largest absolute Gasteiger partial charge is 0.478 e. The molecule has 1 N–H and O–H groups in total. The molecule has 0 saturated heterocycles. The van der Waals surface area contributed by atoms with Gasteiger partial charge in [0.25, 0.3) is 0 Å². The van der Waals surface area contributed by atoms with Crippen molar-refractivity contribution < 1.29 is 23.1 Å². The van der Waals surface area contributed by atoms with Gasteiger partial charge >= 0.3 is 5.97 Å². The fourth-order valence-corrected chi connectivity index (χ4v) is 3.59. The van der Waals surface area contributed by atoms with Gasteiger partial charge in [-0.2, -0.15) is 4.37 Å². The van der Waals surface area contributed by atoms with Crippen LogP contribution in [0.3, 0.4) is 0 Å². The third-order valence-electron chi connectivity index (χ3n) is 2.55. The van der Waals surface area contributed by atoms with Crippen molar-refractivity contribution in [3.05, 3.63) is 11.3 Å². The number of carbonyl (C=O) groups is 1. The molecule has 7 nitrogen and oxygen atoms in total. The van der Waals surface area contributed by atoms with Gasteiger partial charge in [0.05, 0.1) is 24.2 Å². The minimum absolute atomic E-state index is 0.0595. The molecule has 0 unspecified atom stereocenters. The van der Waals surface area contributed by atoms with Gasteiger partial charge < -0.3 is 9.84 Å². The predicted molar refractivity (Wildman–Crippen MR) is 77.1 cm³/mol. The molecule has 0 radical (unpaired) electrons. The Balaban J connectivity index is 2.94. The molecule has 0 fully saturated rings.